The Morgan fingerprint density at radius 2 is 1.49 bits per heavy atom. The number of pyridine rings is 1. The van der Waals surface area contributed by atoms with Gasteiger partial charge in [0.15, 0.2) is 6.29 Å². The minimum Gasteiger partial charge on any atom is -0.392 e. The summed E-state index contributed by atoms with van der Waals surface area (Å²) >= 11 is 0. The summed E-state index contributed by atoms with van der Waals surface area (Å²) in [4.78, 5) is 19.0. The van der Waals surface area contributed by atoms with Crippen LogP contribution in [0.1, 0.15) is 52.3 Å². The number of nitrogens with one attached hydrogen (secondary N) is 2. The number of aromatic nitrogens is 1. The van der Waals surface area contributed by atoms with Crippen molar-refractivity contribution in [3.05, 3.63) is 137 Å². The van der Waals surface area contributed by atoms with Gasteiger partial charge in [-0.3, -0.25) is 4.98 Å². The van der Waals surface area contributed by atoms with Gasteiger partial charge in [0.05, 0.1) is 18.8 Å². The minimum absolute atomic E-state index is 0.0110. The molecule has 4 aromatic rings. The number of carbonyl (C=O) groups is 1. The zero-order chi connectivity index (χ0) is 29.9. The molecule has 0 bridgehead atoms. The van der Waals surface area contributed by atoms with Gasteiger partial charge in [-0.05, 0) is 41.4 Å². The topological polar surface area (TPSA) is 96.0 Å². The highest BCUT2D eigenvalue weighted by Crippen LogP contribution is 2.38. The molecule has 3 atom stereocenters. The minimum atomic E-state index is -0.526. The van der Waals surface area contributed by atoms with Crippen LogP contribution in [0, 0.1) is 0 Å². The van der Waals surface area contributed by atoms with E-state index < -0.39 is 6.29 Å². The molecule has 1 fully saturated rings. The van der Waals surface area contributed by atoms with Crippen molar-refractivity contribution < 1.29 is 19.4 Å². The van der Waals surface area contributed by atoms with Crippen molar-refractivity contribution in [3.8, 4) is 0 Å². The van der Waals surface area contributed by atoms with E-state index in [4.69, 9.17) is 9.47 Å². The maximum absolute atomic E-state index is 12.3. The fraction of sp³-hybridized carbons (Fsp3) is 0.314. The molecule has 0 radical (unpaired) electrons. The summed E-state index contributed by atoms with van der Waals surface area (Å²) in [6, 6.07) is 31.5. The second-order valence-electron chi connectivity index (χ2n) is 10.9. The fourth-order valence-corrected chi connectivity index (χ4v) is 5.14. The number of urea groups is 1. The standard InChI is InChI=1S/C35H40N4O4/c1-39(20-18-31-9-5-6-19-36-31)24-32-21-33(29-14-12-28(25-40)13-15-29)43-34(42-32)30-16-10-27(11-17-30)23-38-35(41)37-22-26-7-3-2-4-8-26/h2-17,19,32-34,40H,18,20-25H2,1H3,(H2,37,38,41)/t32-,33+,34+/m1/s1. The van der Waals surface area contributed by atoms with Gasteiger partial charge >= 0.3 is 6.03 Å². The smallest absolute Gasteiger partial charge is 0.315 e. The number of likely N-dealkylation sites (N-methyl/N-ethyl adjacent to an activating group) is 1. The van der Waals surface area contributed by atoms with E-state index in [1.54, 1.807) is 0 Å². The van der Waals surface area contributed by atoms with Gasteiger partial charge in [0.25, 0.3) is 0 Å². The first kappa shape index (κ1) is 30.4. The molecule has 2 heterocycles. The molecular formula is C35H40N4O4. The van der Waals surface area contributed by atoms with Gasteiger partial charge in [-0.1, -0.05) is 84.9 Å². The number of carbonyl (C=O) groups excluding carboxylic acids is 1. The van der Waals surface area contributed by atoms with Crippen LogP contribution in [0.5, 0.6) is 0 Å². The Kier molecular flexibility index (Phi) is 10.9. The number of hydrogen-bond acceptors (Lipinski definition) is 6. The summed E-state index contributed by atoms with van der Waals surface area (Å²) < 4.78 is 13.0. The van der Waals surface area contributed by atoms with Crippen molar-refractivity contribution in [2.45, 2.75) is 51.0 Å². The molecule has 1 aliphatic heterocycles. The van der Waals surface area contributed by atoms with E-state index in [0.29, 0.717) is 13.1 Å². The van der Waals surface area contributed by atoms with E-state index in [0.717, 1.165) is 59.4 Å². The third kappa shape index (κ3) is 9.20. The first-order chi connectivity index (χ1) is 21.1. The summed E-state index contributed by atoms with van der Waals surface area (Å²) in [7, 11) is 2.11. The molecule has 1 aromatic heterocycles. The Hall–Kier alpha value is -4.08. The molecule has 5 rings (SSSR count). The third-order valence-electron chi connectivity index (χ3n) is 7.61. The Labute approximate surface area is 253 Å². The lowest BCUT2D eigenvalue weighted by Crippen LogP contribution is -2.38. The molecule has 0 aliphatic carbocycles. The van der Waals surface area contributed by atoms with Gasteiger partial charge in [0.2, 0.25) is 0 Å². The van der Waals surface area contributed by atoms with Gasteiger partial charge in [-0.15, -0.1) is 0 Å². The Bertz CT molecular complexity index is 1400. The van der Waals surface area contributed by atoms with Crippen LogP contribution in [-0.4, -0.2) is 47.3 Å². The van der Waals surface area contributed by atoms with Crippen LogP contribution < -0.4 is 10.6 Å². The van der Waals surface area contributed by atoms with E-state index in [2.05, 4.69) is 33.6 Å². The number of ether oxygens (including phenoxy) is 2. The average molecular weight is 581 g/mol. The van der Waals surface area contributed by atoms with Crippen LogP contribution >= 0.6 is 0 Å². The summed E-state index contributed by atoms with van der Waals surface area (Å²) in [6.45, 7) is 2.54. The van der Waals surface area contributed by atoms with Gasteiger partial charge in [-0.25, -0.2) is 4.79 Å². The zero-order valence-electron chi connectivity index (χ0n) is 24.6. The number of benzene rings is 3. The highest BCUT2D eigenvalue weighted by molar-refractivity contribution is 5.73. The predicted octanol–water partition coefficient (Wildman–Crippen LogP) is 5.29. The number of rotatable bonds is 12. The van der Waals surface area contributed by atoms with E-state index in [1.807, 2.05) is 97.2 Å². The lowest BCUT2D eigenvalue weighted by molar-refractivity contribution is -0.252. The van der Waals surface area contributed by atoms with Crippen molar-refractivity contribution in [1.29, 1.82) is 0 Å². The van der Waals surface area contributed by atoms with E-state index >= 15 is 0 Å². The molecule has 224 valence electrons. The molecule has 1 aliphatic rings. The van der Waals surface area contributed by atoms with Crippen LogP contribution in [-0.2, 0) is 35.6 Å². The quantitative estimate of drug-likeness (QED) is 0.211. The highest BCUT2D eigenvalue weighted by Gasteiger charge is 2.32. The predicted molar refractivity (Wildman–Crippen MR) is 166 cm³/mol. The summed E-state index contributed by atoms with van der Waals surface area (Å²) in [6.07, 6.45) is 2.72. The molecular weight excluding hydrogens is 540 g/mol. The van der Waals surface area contributed by atoms with Crippen LogP contribution in [0.25, 0.3) is 0 Å². The molecule has 0 unspecified atom stereocenters. The summed E-state index contributed by atoms with van der Waals surface area (Å²) in [5.41, 5.74) is 5.97. The molecule has 43 heavy (non-hydrogen) atoms. The number of amides is 2. The van der Waals surface area contributed by atoms with Crippen molar-refractivity contribution in [1.82, 2.24) is 20.5 Å². The van der Waals surface area contributed by atoms with Crippen molar-refractivity contribution in [2.75, 3.05) is 20.1 Å². The Morgan fingerprint density at radius 3 is 2.16 bits per heavy atom. The SMILES string of the molecule is CN(CCc1ccccn1)C[C@H]1C[C@@H](c2ccc(CO)cc2)O[C@@H](c2ccc(CNC(=O)NCc3ccccc3)cc2)O1. The summed E-state index contributed by atoms with van der Waals surface area (Å²) in [5, 5.41) is 15.3. The number of nitrogens with zero attached hydrogens (tertiary/aromatic N) is 2. The lowest BCUT2D eigenvalue weighted by Gasteiger charge is -2.38. The molecule has 0 saturated carbocycles. The van der Waals surface area contributed by atoms with E-state index in [1.165, 1.54) is 0 Å². The van der Waals surface area contributed by atoms with Crippen LogP contribution in [0.2, 0.25) is 0 Å². The van der Waals surface area contributed by atoms with Gasteiger partial charge in [0, 0.05) is 56.5 Å². The third-order valence-corrected chi connectivity index (χ3v) is 7.61. The normalized spacial score (nSPS) is 18.3. The molecule has 1 saturated heterocycles. The molecule has 8 nitrogen and oxygen atoms in total. The molecule has 8 heteroatoms. The van der Waals surface area contributed by atoms with Crippen molar-refractivity contribution in [2.24, 2.45) is 0 Å². The van der Waals surface area contributed by atoms with Crippen molar-refractivity contribution >= 4 is 6.03 Å². The highest BCUT2D eigenvalue weighted by atomic mass is 16.7. The van der Waals surface area contributed by atoms with Crippen LogP contribution in [0.3, 0.4) is 0 Å². The number of hydrogen-bond donors (Lipinski definition) is 3. The Morgan fingerprint density at radius 1 is 0.837 bits per heavy atom. The maximum Gasteiger partial charge on any atom is 0.315 e. The van der Waals surface area contributed by atoms with Crippen LogP contribution in [0.4, 0.5) is 4.79 Å². The molecule has 2 amide bonds. The Balaban J connectivity index is 1.20. The average Bonchev–Trinajstić information content (AvgIpc) is 3.06. The first-order valence-corrected chi connectivity index (χ1v) is 14.8. The molecule has 0 spiro atoms. The van der Waals surface area contributed by atoms with E-state index in [9.17, 15) is 9.90 Å². The van der Waals surface area contributed by atoms with E-state index in [-0.39, 0.29) is 24.8 Å². The number of aliphatic hydroxyl groups excluding tert-OH is 1. The van der Waals surface area contributed by atoms with Gasteiger partial charge in [-0.2, -0.15) is 0 Å². The maximum atomic E-state index is 12.3. The largest absolute Gasteiger partial charge is 0.392 e. The van der Waals surface area contributed by atoms with Gasteiger partial charge in [0.1, 0.15) is 0 Å². The van der Waals surface area contributed by atoms with Crippen molar-refractivity contribution in [3.63, 3.8) is 0 Å². The molecule has 3 N–H and O–H groups in total. The first-order valence-electron chi connectivity index (χ1n) is 14.8. The summed E-state index contributed by atoms with van der Waals surface area (Å²) in [5.74, 6) is 0. The monoisotopic (exact) mass is 580 g/mol. The van der Waals surface area contributed by atoms with Gasteiger partial charge < -0.3 is 30.1 Å². The molecule has 3 aromatic carbocycles. The second-order valence-corrected chi connectivity index (χ2v) is 10.9. The lowest BCUT2D eigenvalue weighted by atomic mass is 9.99. The fourth-order valence-electron chi connectivity index (χ4n) is 5.14. The second kappa shape index (κ2) is 15.4. The zero-order valence-corrected chi connectivity index (χ0v) is 24.6. The van der Waals surface area contributed by atoms with Crippen LogP contribution in [0.15, 0.2) is 103 Å². The number of aliphatic hydroxyl groups is 1.